The molecule has 0 radical (unpaired) electrons. The maximum atomic E-state index is 12.4. The zero-order valence-electron chi connectivity index (χ0n) is 20.1. The van der Waals surface area contributed by atoms with Crippen LogP contribution in [0, 0.1) is 0 Å². The van der Waals surface area contributed by atoms with Gasteiger partial charge < -0.3 is 29.3 Å². The lowest BCUT2D eigenvalue weighted by Crippen LogP contribution is -2.38. The van der Waals surface area contributed by atoms with E-state index in [4.69, 9.17) is 28.8 Å². The molecule has 1 saturated heterocycles. The second-order valence-electron chi connectivity index (χ2n) is 8.41. The Labute approximate surface area is 201 Å². The number of nitrogens with one attached hydrogen (secondary N) is 1. The van der Waals surface area contributed by atoms with Crippen LogP contribution in [0.5, 0.6) is 0 Å². The number of nitrogens with zero attached hydrogens (tertiary/aromatic N) is 6. The van der Waals surface area contributed by atoms with E-state index >= 15 is 0 Å². The van der Waals surface area contributed by atoms with Gasteiger partial charge in [-0.25, -0.2) is 9.42 Å². The fourth-order valence-electron chi connectivity index (χ4n) is 4.37. The summed E-state index contributed by atoms with van der Waals surface area (Å²) < 4.78 is 21.3. The smallest absolute Gasteiger partial charge is 0.434 e. The third kappa shape index (κ3) is 4.20. The minimum absolute atomic E-state index is 0.192. The number of hydrogen-bond donors (Lipinski definition) is 1. The van der Waals surface area contributed by atoms with E-state index in [9.17, 15) is 4.79 Å². The highest BCUT2D eigenvalue weighted by Crippen LogP contribution is 2.47. The molecule has 2 aliphatic rings. The fraction of sp³-hybridized carbons (Fsp3) is 0.435. The van der Waals surface area contributed by atoms with Gasteiger partial charge in [0.25, 0.3) is 0 Å². The van der Waals surface area contributed by atoms with Crippen molar-refractivity contribution in [3.63, 3.8) is 0 Å². The molecule has 5 rings (SSSR count). The van der Waals surface area contributed by atoms with E-state index < -0.39 is 12.1 Å². The van der Waals surface area contributed by atoms with Gasteiger partial charge in [-0.3, -0.25) is 0 Å². The van der Waals surface area contributed by atoms with Crippen LogP contribution in [-0.4, -0.2) is 73.4 Å². The summed E-state index contributed by atoms with van der Waals surface area (Å²) in [5, 5.41) is 11.4. The highest BCUT2D eigenvalue weighted by atomic mass is 16.7. The summed E-state index contributed by atoms with van der Waals surface area (Å²) in [4.78, 5) is 26.2. The molecule has 4 heterocycles. The fourth-order valence-corrected chi connectivity index (χ4v) is 4.37. The van der Waals surface area contributed by atoms with Crippen molar-refractivity contribution < 1.29 is 23.6 Å². The molecule has 0 bridgehead atoms. The van der Waals surface area contributed by atoms with Crippen LogP contribution >= 0.6 is 0 Å². The molecular formula is C23H27N7O5. The summed E-state index contributed by atoms with van der Waals surface area (Å²) in [6, 6.07) is 5.58. The summed E-state index contributed by atoms with van der Waals surface area (Å²) in [7, 11) is 3.83. The van der Waals surface area contributed by atoms with Gasteiger partial charge in [0.1, 0.15) is 28.4 Å². The molecule has 0 saturated carbocycles. The number of anilines is 3. The van der Waals surface area contributed by atoms with Gasteiger partial charge in [0.2, 0.25) is 5.95 Å². The molecule has 0 aliphatic carbocycles. The topological polar surface area (TPSA) is 128 Å². The average molecular weight is 482 g/mol. The van der Waals surface area contributed by atoms with Crippen molar-refractivity contribution in [1.29, 1.82) is 0 Å². The van der Waals surface area contributed by atoms with E-state index in [1.165, 1.54) is 0 Å². The number of ether oxygens (including phenoxy) is 3. The van der Waals surface area contributed by atoms with Crippen LogP contribution in [0.3, 0.4) is 0 Å². The van der Waals surface area contributed by atoms with Gasteiger partial charge in [-0.2, -0.15) is 9.97 Å². The normalized spacial score (nSPS) is 17.7. The van der Waals surface area contributed by atoms with Crippen molar-refractivity contribution in [1.82, 2.24) is 20.3 Å². The largest absolute Gasteiger partial charge is 0.513 e. The van der Waals surface area contributed by atoms with E-state index in [-0.39, 0.29) is 6.61 Å². The first kappa shape index (κ1) is 22.8. The average Bonchev–Trinajstić information content (AvgIpc) is 3.34. The number of benzene rings is 1. The van der Waals surface area contributed by atoms with Crippen LogP contribution < -0.4 is 15.1 Å². The molecule has 2 aliphatic heterocycles. The number of morpholine rings is 1. The number of aromatic nitrogens is 4. The highest BCUT2D eigenvalue weighted by Gasteiger charge is 2.38. The molecule has 35 heavy (non-hydrogen) atoms. The molecule has 12 nitrogen and oxygen atoms in total. The molecule has 1 fully saturated rings. The van der Waals surface area contributed by atoms with Gasteiger partial charge in [0, 0.05) is 27.2 Å². The van der Waals surface area contributed by atoms with E-state index in [0.29, 0.717) is 66.4 Å². The maximum Gasteiger partial charge on any atom is 0.513 e. The molecule has 3 aromatic rings. The first-order valence-electron chi connectivity index (χ1n) is 11.4. The lowest BCUT2D eigenvalue weighted by atomic mass is 9.86. The van der Waals surface area contributed by atoms with E-state index in [0.717, 1.165) is 11.1 Å². The predicted molar refractivity (Wildman–Crippen MR) is 127 cm³/mol. The molecule has 1 unspecified atom stereocenters. The molecule has 1 aromatic carbocycles. The second kappa shape index (κ2) is 9.37. The van der Waals surface area contributed by atoms with Crippen molar-refractivity contribution in [2.45, 2.75) is 19.8 Å². The van der Waals surface area contributed by atoms with E-state index in [1.54, 1.807) is 6.92 Å². The molecule has 1 N–H and O–H groups in total. The molecule has 0 spiro atoms. The van der Waals surface area contributed by atoms with Crippen molar-refractivity contribution >= 4 is 34.8 Å². The van der Waals surface area contributed by atoms with Crippen LogP contribution in [0.4, 0.5) is 22.4 Å². The lowest BCUT2D eigenvalue weighted by Gasteiger charge is -2.34. The monoisotopic (exact) mass is 481 g/mol. The molecule has 12 heteroatoms. The van der Waals surface area contributed by atoms with Gasteiger partial charge in [0.05, 0.1) is 37.0 Å². The highest BCUT2D eigenvalue weighted by molar-refractivity contribution is 5.82. The predicted octanol–water partition coefficient (Wildman–Crippen LogP) is 2.88. The summed E-state index contributed by atoms with van der Waals surface area (Å²) in [6.07, 6.45) is -0.792. The molecule has 1 atom stereocenters. The van der Waals surface area contributed by atoms with Crippen LogP contribution in [0.2, 0.25) is 0 Å². The third-order valence-electron chi connectivity index (χ3n) is 5.94. The maximum absolute atomic E-state index is 12.4. The lowest BCUT2D eigenvalue weighted by molar-refractivity contribution is 0.0778. The van der Waals surface area contributed by atoms with E-state index in [2.05, 4.69) is 20.5 Å². The van der Waals surface area contributed by atoms with Crippen LogP contribution in [-0.2, 0) is 14.2 Å². The summed E-state index contributed by atoms with van der Waals surface area (Å²) in [5.74, 6) is 1.71. The first-order chi connectivity index (χ1) is 17.0. The van der Waals surface area contributed by atoms with Crippen molar-refractivity contribution in [3.05, 3.63) is 40.8 Å². The van der Waals surface area contributed by atoms with Crippen molar-refractivity contribution in [2.75, 3.05) is 62.1 Å². The summed E-state index contributed by atoms with van der Waals surface area (Å²) >= 11 is 0. The minimum atomic E-state index is -0.792. The Morgan fingerprint density at radius 2 is 2.03 bits per heavy atom. The zero-order chi connectivity index (χ0) is 24.5. The molecule has 0 amide bonds. The Morgan fingerprint density at radius 1 is 1.23 bits per heavy atom. The first-order valence-corrected chi connectivity index (χ1v) is 11.4. The van der Waals surface area contributed by atoms with Crippen molar-refractivity contribution in [2.24, 2.45) is 0 Å². The van der Waals surface area contributed by atoms with Gasteiger partial charge in [-0.1, -0.05) is 12.1 Å². The number of hydrogen-bond acceptors (Lipinski definition) is 12. The van der Waals surface area contributed by atoms with Gasteiger partial charge in [0.15, 0.2) is 0 Å². The number of fused-ring (bicyclic) bond motifs is 2. The summed E-state index contributed by atoms with van der Waals surface area (Å²) in [5.41, 5.74) is 3.27. The van der Waals surface area contributed by atoms with Gasteiger partial charge in [-0.15, -0.1) is 0 Å². The second-order valence-corrected chi connectivity index (χ2v) is 8.41. The number of carbonyl (C=O) groups is 1. The summed E-state index contributed by atoms with van der Waals surface area (Å²) in [6.45, 7) is 6.38. The Hall–Kier alpha value is -3.93. The zero-order valence-corrected chi connectivity index (χ0v) is 20.1. The Kier molecular flexibility index (Phi) is 6.12. The molecular weight excluding hydrogens is 454 g/mol. The van der Waals surface area contributed by atoms with Gasteiger partial charge in [-0.05, 0) is 35.8 Å². The van der Waals surface area contributed by atoms with Crippen LogP contribution in [0.25, 0.3) is 11.0 Å². The quantitative estimate of drug-likeness (QED) is 0.538. The Morgan fingerprint density at radius 3 is 2.77 bits per heavy atom. The molecule has 184 valence electrons. The number of allylic oxidation sites excluding steroid dienone is 2. The molecule has 2 aromatic heterocycles. The van der Waals surface area contributed by atoms with Crippen LogP contribution in [0.15, 0.2) is 34.3 Å². The third-order valence-corrected chi connectivity index (χ3v) is 5.94. The van der Waals surface area contributed by atoms with Crippen LogP contribution in [0.1, 0.15) is 30.9 Å². The Bertz CT molecular complexity index is 1280. The minimum Gasteiger partial charge on any atom is -0.434 e. The van der Waals surface area contributed by atoms with E-state index in [1.807, 2.05) is 44.1 Å². The SMILES string of the molecule is CCOC(=O)OC1=C(C)Nc2nc(N3CCOCC3)nc(N(C)C)c2C1c1cccc2nonc12. The Balaban J connectivity index is 1.72. The number of rotatable bonds is 5. The number of carbonyl (C=O) groups excluding carboxylic acids is 1. The standard InChI is InChI=1S/C23H27N7O5/c1-5-33-23(31)34-19-13(2)24-20-17(16(19)14-7-6-8-15-18(14)28-35-27-15)21(29(3)4)26-22(25-20)30-9-11-32-12-10-30/h6-8,16H,5,9-12H2,1-4H3,(H,24,25,26). The van der Waals surface area contributed by atoms with Crippen molar-refractivity contribution in [3.8, 4) is 0 Å². The van der Waals surface area contributed by atoms with Gasteiger partial charge >= 0.3 is 6.16 Å².